The minimum absolute atomic E-state index is 0.0510. The van der Waals surface area contributed by atoms with Crippen molar-refractivity contribution >= 4 is 28.3 Å². The second kappa shape index (κ2) is 8.71. The molecule has 8 heteroatoms. The van der Waals surface area contributed by atoms with E-state index in [1.807, 2.05) is 49.4 Å². The molecule has 4 rings (SSSR count). The fourth-order valence-corrected chi connectivity index (χ4v) is 4.45. The van der Waals surface area contributed by atoms with Crippen LogP contribution in [0, 0.1) is 12.8 Å². The van der Waals surface area contributed by atoms with Gasteiger partial charge in [0.2, 0.25) is 16.9 Å². The second-order valence-corrected chi connectivity index (χ2v) is 8.55. The van der Waals surface area contributed by atoms with Crippen molar-refractivity contribution in [2.24, 2.45) is 5.92 Å². The van der Waals surface area contributed by atoms with Gasteiger partial charge in [-0.05, 0) is 24.1 Å². The Kier molecular flexibility index (Phi) is 5.85. The lowest BCUT2D eigenvalue weighted by atomic mass is 10.1. The lowest BCUT2D eigenvalue weighted by Crippen LogP contribution is -2.34. The molecule has 30 heavy (non-hydrogen) atoms. The number of carbonyl (C=O) groups excluding carboxylic acids is 2. The van der Waals surface area contributed by atoms with Crippen LogP contribution in [0.15, 0.2) is 48.7 Å². The standard InChI is InChI=1S/C22H23N5O2S/c1-15-7-6-10-23-18(15)14-26(2)21(29)17-12-20(28)27(13-17)22-25-24-19(30-22)11-16-8-4-3-5-9-16/h3-10,17H,11-14H2,1-2H3. The average molecular weight is 422 g/mol. The molecule has 3 heterocycles. The van der Waals surface area contributed by atoms with Crippen molar-refractivity contribution < 1.29 is 9.59 Å². The molecule has 1 unspecified atom stereocenters. The average Bonchev–Trinajstić information content (AvgIpc) is 3.36. The summed E-state index contributed by atoms with van der Waals surface area (Å²) in [6, 6.07) is 13.9. The molecular weight excluding hydrogens is 398 g/mol. The van der Waals surface area contributed by atoms with Crippen LogP contribution < -0.4 is 4.90 Å². The van der Waals surface area contributed by atoms with Gasteiger partial charge in [-0.2, -0.15) is 0 Å². The fourth-order valence-electron chi connectivity index (χ4n) is 3.55. The molecule has 154 valence electrons. The zero-order chi connectivity index (χ0) is 21.1. The minimum Gasteiger partial charge on any atom is -0.340 e. The second-order valence-electron chi connectivity index (χ2n) is 7.51. The van der Waals surface area contributed by atoms with Gasteiger partial charge in [0, 0.05) is 32.6 Å². The number of aryl methyl sites for hydroxylation is 1. The Morgan fingerprint density at radius 3 is 2.77 bits per heavy atom. The van der Waals surface area contributed by atoms with Gasteiger partial charge in [0.1, 0.15) is 5.01 Å². The van der Waals surface area contributed by atoms with Crippen LogP contribution >= 0.6 is 11.3 Å². The molecule has 1 aliphatic heterocycles. The van der Waals surface area contributed by atoms with Crippen molar-refractivity contribution in [3.05, 3.63) is 70.5 Å². The quantitative estimate of drug-likeness (QED) is 0.612. The summed E-state index contributed by atoms with van der Waals surface area (Å²) >= 11 is 1.40. The molecule has 2 aromatic heterocycles. The summed E-state index contributed by atoms with van der Waals surface area (Å²) in [5.74, 6) is -0.518. The Hall–Kier alpha value is -3.13. The highest BCUT2D eigenvalue weighted by Gasteiger charge is 2.38. The first-order valence-electron chi connectivity index (χ1n) is 9.83. The molecule has 0 N–H and O–H groups in total. The van der Waals surface area contributed by atoms with E-state index in [2.05, 4.69) is 15.2 Å². The third-order valence-electron chi connectivity index (χ3n) is 5.24. The maximum Gasteiger partial charge on any atom is 0.229 e. The van der Waals surface area contributed by atoms with Crippen molar-refractivity contribution in [3.63, 3.8) is 0 Å². The third-order valence-corrected chi connectivity index (χ3v) is 6.19. The van der Waals surface area contributed by atoms with E-state index >= 15 is 0 Å². The number of benzene rings is 1. The highest BCUT2D eigenvalue weighted by atomic mass is 32.1. The molecule has 7 nitrogen and oxygen atoms in total. The van der Waals surface area contributed by atoms with Gasteiger partial charge < -0.3 is 4.90 Å². The molecular formula is C22H23N5O2S. The number of carbonyl (C=O) groups is 2. The smallest absolute Gasteiger partial charge is 0.229 e. The van der Waals surface area contributed by atoms with Gasteiger partial charge in [-0.15, -0.1) is 10.2 Å². The summed E-state index contributed by atoms with van der Waals surface area (Å²) in [5.41, 5.74) is 3.05. The first-order chi connectivity index (χ1) is 14.5. The zero-order valence-corrected chi connectivity index (χ0v) is 17.8. The van der Waals surface area contributed by atoms with Gasteiger partial charge in [-0.1, -0.05) is 47.7 Å². The topological polar surface area (TPSA) is 79.3 Å². The van der Waals surface area contributed by atoms with Gasteiger partial charge in [0.15, 0.2) is 0 Å². The largest absolute Gasteiger partial charge is 0.340 e. The van der Waals surface area contributed by atoms with E-state index in [1.54, 1.807) is 23.0 Å². The SMILES string of the molecule is Cc1cccnc1CN(C)C(=O)C1CC(=O)N(c2nnc(Cc3ccccc3)s2)C1. The number of hydrogen-bond acceptors (Lipinski definition) is 6. The number of aromatic nitrogens is 3. The van der Waals surface area contributed by atoms with Gasteiger partial charge in [0.25, 0.3) is 0 Å². The lowest BCUT2D eigenvalue weighted by Gasteiger charge is -2.21. The lowest BCUT2D eigenvalue weighted by molar-refractivity contribution is -0.135. The first kappa shape index (κ1) is 20.2. The maximum atomic E-state index is 12.9. The number of anilines is 1. The van der Waals surface area contributed by atoms with Crippen LogP contribution in [0.2, 0.25) is 0 Å². The van der Waals surface area contributed by atoms with E-state index < -0.39 is 0 Å². The van der Waals surface area contributed by atoms with Gasteiger partial charge >= 0.3 is 0 Å². The fraction of sp³-hybridized carbons (Fsp3) is 0.318. The number of rotatable bonds is 6. The van der Waals surface area contributed by atoms with E-state index in [-0.39, 0.29) is 24.2 Å². The van der Waals surface area contributed by atoms with Crippen molar-refractivity contribution in [3.8, 4) is 0 Å². The van der Waals surface area contributed by atoms with Crippen LogP contribution in [-0.4, -0.2) is 45.5 Å². The van der Waals surface area contributed by atoms with E-state index in [1.165, 1.54) is 11.3 Å². The minimum atomic E-state index is -0.381. The Balaban J connectivity index is 1.40. The molecule has 0 bridgehead atoms. The van der Waals surface area contributed by atoms with Gasteiger partial charge in [-0.25, -0.2) is 0 Å². The van der Waals surface area contributed by atoms with Crippen LogP contribution in [-0.2, 0) is 22.6 Å². The molecule has 1 fully saturated rings. The van der Waals surface area contributed by atoms with Crippen molar-refractivity contribution in [1.29, 1.82) is 0 Å². The summed E-state index contributed by atoms with van der Waals surface area (Å²) in [6.07, 6.45) is 2.59. The van der Waals surface area contributed by atoms with Crippen LogP contribution in [0.25, 0.3) is 0 Å². The Labute approximate surface area is 179 Å². The monoisotopic (exact) mass is 421 g/mol. The zero-order valence-electron chi connectivity index (χ0n) is 17.0. The number of hydrogen-bond donors (Lipinski definition) is 0. The van der Waals surface area contributed by atoms with Crippen molar-refractivity contribution in [1.82, 2.24) is 20.1 Å². The molecule has 1 aliphatic rings. The highest BCUT2D eigenvalue weighted by molar-refractivity contribution is 7.15. The number of pyridine rings is 1. The van der Waals surface area contributed by atoms with E-state index in [0.29, 0.717) is 24.6 Å². The van der Waals surface area contributed by atoms with E-state index in [0.717, 1.165) is 21.8 Å². The predicted octanol–water partition coefficient (Wildman–Crippen LogP) is 2.84. The highest BCUT2D eigenvalue weighted by Crippen LogP contribution is 2.29. The number of nitrogens with zero attached hydrogens (tertiary/aromatic N) is 5. The van der Waals surface area contributed by atoms with Crippen LogP contribution in [0.5, 0.6) is 0 Å². The molecule has 1 aromatic carbocycles. The third kappa shape index (κ3) is 4.38. The maximum absolute atomic E-state index is 12.9. The molecule has 0 saturated carbocycles. The Morgan fingerprint density at radius 1 is 1.20 bits per heavy atom. The molecule has 0 radical (unpaired) electrons. The predicted molar refractivity (Wildman–Crippen MR) is 115 cm³/mol. The normalized spacial score (nSPS) is 16.1. The molecule has 1 saturated heterocycles. The number of amides is 2. The Bertz CT molecular complexity index is 1050. The van der Waals surface area contributed by atoms with Crippen LogP contribution in [0.3, 0.4) is 0 Å². The summed E-state index contributed by atoms with van der Waals surface area (Å²) in [6.45, 7) is 2.74. The van der Waals surface area contributed by atoms with Gasteiger partial charge in [0.05, 0.1) is 18.2 Å². The van der Waals surface area contributed by atoms with Crippen LogP contribution in [0.1, 0.15) is 28.2 Å². The molecule has 0 aliphatic carbocycles. The molecule has 2 amide bonds. The summed E-state index contributed by atoms with van der Waals surface area (Å²) < 4.78 is 0. The van der Waals surface area contributed by atoms with Gasteiger partial charge in [-0.3, -0.25) is 19.5 Å². The van der Waals surface area contributed by atoms with Crippen molar-refractivity contribution in [2.75, 3.05) is 18.5 Å². The first-order valence-corrected chi connectivity index (χ1v) is 10.6. The summed E-state index contributed by atoms with van der Waals surface area (Å²) in [7, 11) is 1.76. The van der Waals surface area contributed by atoms with E-state index in [9.17, 15) is 9.59 Å². The summed E-state index contributed by atoms with van der Waals surface area (Å²) in [5, 5.41) is 9.84. The van der Waals surface area contributed by atoms with Crippen LogP contribution in [0.4, 0.5) is 5.13 Å². The molecule has 1 atom stereocenters. The molecule has 3 aromatic rings. The molecule has 0 spiro atoms. The van der Waals surface area contributed by atoms with Crippen molar-refractivity contribution in [2.45, 2.75) is 26.3 Å². The Morgan fingerprint density at radius 2 is 2.00 bits per heavy atom. The van der Waals surface area contributed by atoms with E-state index in [4.69, 9.17) is 0 Å². The summed E-state index contributed by atoms with van der Waals surface area (Å²) in [4.78, 5) is 33.1.